The molecule has 2 saturated heterocycles. The lowest BCUT2D eigenvalue weighted by atomic mass is 9.90. The maximum Gasteiger partial charge on any atom is 0.266 e. The summed E-state index contributed by atoms with van der Waals surface area (Å²) < 4.78 is 5.38. The third-order valence-electron chi connectivity index (χ3n) is 5.65. The zero-order chi connectivity index (χ0) is 21.5. The maximum atomic E-state index is 13.5. The molecular weight excluding hydrogens is 416 g/mol. The Balaban J connectivity index is 1.59. The van der Waals surface area contributed by atoms with Gasteiger partial charge in [0.15, 0.2) is 6.10 Å². The van der Waals surface area contributed by atoms with E-state index in [1.807, 2.05) is 54.6 Å². The maximum absolute atomic E-state index is 13.5. The van der Waals surface area contributed by atoms with Crippen LogP contribution < -0.4 is 14.7 Å². The number of ether oxygens (including phenoxy) is 1. The van der Waals surface area contributed by atoms with Crippen LogP contribution in [-0.4, -0.2) is 25.0 Å². The van der Waals surface area contributed by atoms with Crippen LogP contribution in [0.1, 0.15) is 11.6 Å². The van der Waals surface area contributed by atoms with Crippen LogP contribution in [0.5, 0.6) is 5.75 Å². The lowest BCUT2D eigenvalue weighted by Crippen LogP contribution is -2.37. The Hall–Kier alpha value is -3.35. The van der Waals surface area contributed by atoms with E-state index in [4.69, 9.17) is 21.2 Å². The smallest absolute Gasteiger partial charge is 0.266 e. The van der Waals surface area contributed by atoms with Crippen molar-refractivity contribution in [2.45, 2.75) is 12.1 Å². The summed E-state index contributed by atoms with van der Waals surface area (Å²) in [6, 6.07) is 23.1. The number of fused-ring (bicyclic) bond motifs is 1. The number of imide groups is 1. The minimum absolute atomic E-state index is 0.302. The zero-order valence-electron chi connectivity index (χ0n) is 16.6. The molecule has 2 fully saturated rings. The Kier molecular flexibility index (Phi) is 4.88. The highest BCUT2D eigenvalue weighted by Crippen LogP contribution is 2.48. The van der Waals surface area contributed by atoms with Crippen molar-refractivity contribution in [3.63, 3.8) is 0 Å². The third kappa shape index (κ3) is 3.24. The van der Waals surface area contributed by atoms with Gasteiger partial charge in [0.1, 0.15) is 11.7 Å². The fourth-order valence-electron chi connectivity index (χ4n) is 4.22. The molecule has 0 aromatic heterocycles. The molecule has 156 valence electrons. The predicted molar refractivity (Wildman–Crippen MR) is 117 cm³/mol. The Labute approximate surface area is 184 Å². The lowest BCUT2D eigenvalue weighted by molar-refractivity contribution is -0.126. The van der Waals surface area contributed by atoms with Crippen LogP contribution >= 0.6 is 11.6 Å². The first-order valence-electron chi connectivity index (χ1n) is 9.87. The molecule has 3 atom stereocenters. The molecule has 3 aromatic rings. The number of amides is 2. The van der Waals surface area contributed by atoms with Crippen molar-refractivity contribution in [1.29, 1.82) is 0 Å². The van der Waals surface area contributed by atoms with Gasteiger partial charge in [0.2, 0.25) is 5.91 Å². The van der Waals surface area contributed by atoms with Gasteiger partial charge in [-0.15, -0.1) is 0 Å². The standard InChI is InChI=1S/C24H19ClN2O4/c1-30-19-9-5-6-15(14-19)21-20-22(31-27(21)18-7-3-2-4-8-18)24(29)26(23(20)28)17-12-10-16(25)11-13-17/h2-14,20-22H,1H3/t20-,21+,22+/m0/s1. The summed E-state index contributed by atoms with van der Waals surface area (Å²) in [5, 5.41) is 2.20. The van der Waals surface area contributed by atoms with Crippen molar-refractivity contribution >= 4 is 34.8 Å². The van der Waals surface area contributed by atoms with Crippen molar-refractivity contribution < 1.29 is 19.2 Å². The quantitative estimate of drug-likeness (QED) is 0.570. The molecule has 0 spiro atoms. The van der Waals surface area contributed by atoms with Gasteiger partial charge in [-0.3, -0.25) is 14.4 Å². The molecule has 2 amide bonds. The van der Waals surface area contributed by atoms with Crippen molar-refractivity contribution in [2.75, 3.05) is 17.1 Å². The highest BCUT2D eigenvalue weighted by Gasteiger charge is 2.60. The second-order valence-electron chi connectivity index (χ2n) is 7.42. The minimum Gasteiger partial charge on any atom is -0.497 e. The first-order chi connectivity index (χ1) is 15.1. The van der Waals surface area contributed by atoms with E-state index >= 15 is 0 Å². The van der Waals surface area contributed by atoms with Crippen LogP contribution in [0.4, 0.5) is 11.4 Å². The van der Waals surface area contributed by atoms with E-state index in [2.05, 4.69) is 0 Å². The average molecular weight is 435 g/mol. The number of rotatable bonds is 4. The molecule has 5 rings (SSSR count). The van der Waals surface area contributed by atoms with Gasteiger partial charge in [-0.1, -0.05) is 41.9 Å². The lowest BCUT2D eigenvalue weighted by Gasteiger charge is -2.29. The van der Waals surface area contributed by atoms with Crippen LogP contribution in [0.15, 0.2) is 78.9 Å². The van der Waals surface area contributed by atoms with Gasteiger partial charge in [-0.25, -0.2) is 9.96 Å². The largest absolute Gasteiger partial charge is 0.497 e. The van der Waals surface area contributed by atoms with E-state index in [0.717, 1.165) is 11.3 Å². The Bertz CT molecular complexity index is 1140. The second kappa shape index (κ2) is 7.72. The van der Waals surface area contributed by atoms with Gasteiger partial charge >= 0.3 is 0 Å². The molecule has 0 aliphatic carbocycles. The average Bonchev–Trinajstić information content (AvgIpc) is 3.31. The molecule has 6 nitrogen and oxygen atoms in total. The number of methoxy groups -OCH3 is 1. The van der Waals surface area contributed by atoms with E-state index < -0.39 is 18.1 Å². The van der Waals surface area contributed by atoms with Crippen LogP contribution in [0.2, 0.25) is 5.02 Å². The Morgan fingerprint density at radius 2 is 1.61 bits per heavy atom. The first-order valence-corrected chi connectivity index (χ1v) is 10.2. The number of halogens is 1. The van der Waals surface area contributed by atoms with Crippen LogP contribution in [-0.2, 0) is 14.4 Å². The fourth-order valence-corrected chi connectivity index (χ4v) is 4.35. The molecule has 7 heteroatoms. The van der Waals surface area contributed by atoms with E-state index in [9.17, 15) is 9.59 Å². The van der Waals surface area contributed by atoms with Crippen molar-refractivity contribution in [1.82, 2.24) is 0 Å². The van der Waals surface area contributed by atoms with E-state index in [1.54, 1.807) is 36.4 Å². The topological polar surface area (TPSA) is 59.1 Å². The Morgan fingerprint density at radius 1 is 0.871 bits per heavy atom. The van der Waals surface area contributed by atoms with E-state index in [0.29, 0.717) is 16.5 Å². The molecule has 0 bridgehead atoms. The highest BCUT2D eigenvalue weighted by molar-refractivity contribution is 6.31. The first kappa shape index (κ1) is 19.6. The molecule has 2 aliphatic heterocycles. The van der Waals surface area contributed by atoms with Gasteiger partial charge in [0.05, 0.1) is 24.5 Å². The number of carbonyl (C=O) groups excluding carboxylic acids is 2. The predicted octanol–water partition coefficient (Wildman–Crippen LogP) is 4.40. The number of hydrogen-bond donors (Lipinski definition) is 0. The second-order valence-corrected chi connectivity index (χ2v) is 7.86. The minimum atomic E-state index is -0.917. The molecule has 0 unspecified atom stereocenters. The Morgan fingerprint density at radius 3 is 2.32 bits per heavy atom. The van der Waals surface area contributed by atoms with Gasteiger partial charge in [-0.2, -0.15) is 0 Å². The normalized spacial score (nSPS) is 22.7. The number of carbonyl (C=O) groups is 2. The fraction of sp³-hybridized carbons (Fsp3) is 0.167. The van der Waals surface area contributed by atoms with Crippen LogP contribution in [0.3, 0.4) is 0 Å². The number of anilines is 2. The summed E-state index contributed by atoms with van der Waals surface area (Å²) in [5.74, 6) is -0.719. The van der Waals surface area contributed by atoms with Crippen molar-refractivity contribution in [2.24, 2.45) is 5.92 Å². The summed E-state index contributed by atoms with van der Waals surface area (Å²) in [7, 11) is 1.59. The molecule has 31 heavy (non-hydrogen) atoms. The molecule has 2 aliphatic rings. The number of para-hydroxylation sites is 1. The summed E-state index contributed by atoms with van der Waals surface area (Å²) in [6.45, 7) is 0. The van der Waals surface area contributed by atoms with Gasteiger partial charge in [0, 0.05) is 5.02 Å². The molecule has 0 saturated carbocycles. The van der Waals surface area contributed by atoms with Gasteiger partial charge < -0.3 is 4.74 Å². The van der Waals surface area contributed by atoms with Gasteiger partial charge in [-0.05, 0) is 54.1 Å². The SMILES string of the molecule is COc1cccc([C@@H]2[C@@H]3C(=O)N(c4ccc(Cl)cc4)C(=O)[C@@H]3ON2c2ccccc2)c1. The molecule has 0 N–H and O–H groups in total. The van der Waals surface area contributed by atoms with Crippen molar-refractivity contribution in [3.05, 3.63) is 89.4 Å². The molecule has 0 radical (unpaired) electrons. The van der Waals surface area contributed by atoms with Gasteiger partial charge in [0.25, 0.3) is 5.91 Å². The third-order valence-corrected chi connectivity index (χ3v) is 5.90. The number of nitrogens with zero attached hydrogens (tertiary/aromatic N) is 2. The number of hydrogen-bond acceptors (Lipinski definition) is 5. The highest BCUT2D eigenvalue weighted by atomic mass is 35.5. The molecule has 2 heterocycles. The van der Waals surface area contributed by atoms with E-state index in [-0.39, 0.29) is 11.8 Å². The summed E-state index contributed by atoms with van der Waals surface area (Å²) in [4.78, 5) is 34.1. The number of benzene rings is 3. The van der Waals surface area contributed by atoms with E-state index in [1.165, 1.54) is 4.90 Å². The van der Waals surface area contributed by atoms with Crippen LogP contribution in [0, 0.1) is 5.92 Å². The molecular formula is C24H19ClN2O4. The zero-order valence-corrected chi connectivity index (χ0v) is 17.4. The summed E-state index contributed by atoms with van der Waals surface area (Å²) in [6.07, 6.45) is -0.917. The molecule has 3 aromatic carbocycles. The number of hydroxylamine groups is 1. The summed E-state index contributed by atoms with van der Waals surface area (Å²) >= 11 is 5.97. The van der Waals surface area contributed by atoms with Crippen LogP contribution in [0.25, 0.3) is 0 Å². The summed E-state index contributed by atoms with van der Waals surface area (Å²) in [5.41, 5.74) is 2.08. The monoisotopic (exact) mass is 434 g/mol. The van der Waals surface area contributed by atoms with Crippen molar-refractivity contribution in [3.8, 4) is 5.75 Å².